The standard InChI is InChI=1S/C14H31N/c1-6-7-11-15(14(4)5)12-9-8-10-13(2)3/h13-14H,6-12H2,1-5H3. The topological polar surface area (TPSA) is 3.24 Å². The molecule has 0 aliphatic heterocycles. The molecule has 1 nitrogen and oxygen atoms in total. The Morgan fingerprint density at radius 1 is 0.867 bits per heavy atom. The van der Waals surface area contributed by atoms with Crippen LogP contribution < -0.4 is 0 Å². The van der Waals surface area contributed by atoms with Crippen molar-refractivity contribution in [2.24, 2.45) is 5.92 Å². The first-order chi connectivity index (χ1) is 7.07. The Labute approximate surface area is 97.2 Å². The second-order valence-corrected chi connectivity index (χ2v) is 5.37. The smallest absolute Gasteiger partial charge is 0.00385 e. The highest BCUT2D eigenvalue weighted by molar-refractivity contribution is 4.63. The van der Waals surface area contributed by atoms with Crippen LogP contribution in [0.2, 0.25) is 0 Å². The predicted octanol–water partition coefficient (Wildman–Crippen LogP) is 4.32. The fourth-order valence-corrected chi connectivity index (χ4v) is 1.86. The molecule has 0 heterocycles. The SMILES string of the molecule is CCCCN(CCCCC(C)C)C(C)C. The third-order valence-electron chi connectivity index (χ3n) is 3.01. The minimum absolute atomic E-state index is 0.718. The van der Waals surface area contributed by atoms with Crippen molar-refractivity contribution in [3.8, 4) is 0 Å². The highest BCUT2D eigenvalue weighted by Crippen LogP contribution is 2.09. The molecule has 1 heteroatoms. The Kier molecular flexibility index (Phi) is 9.18. The van der Waals surface area contributed by atoms with Gasteiger partial charge in [0.25, 0.3) is 0 Å². The number of nitrogens with zero attached hydrogens (tertiary/aromatic N) is 1. The molecule has 0 unspecified atom stereocenters. The van der Waals surface area contributed by atoms with Gasteiger partial charge in [-0.2, -0.15) is 0 Å². The summed E-state index contributed by atoms with van der Waals surface area (Å²) in [6.45, 7) is 14.1. The zero-order valence-electron chi connectivity index (χ0n) is 11.6. The molecule has 92 valence electrons. The van der Waals surface area contributed by atoms with Gasteiger partial charge in [0.2, 0.25) is 0 Å². The van der Waals surface area contributed by atoms with E-state index in [1.165, 1.54) is 45.2 Å². The highest BCUT2D eigenvalue weighted by atomic mass is 15.1. The minimum atomic E-state index is 0.718. The Morgan fingerprint density at radius 3 is 1.93 bits per heavy atom. The molecule has 0 aromatic heterocycles. The van der Waals surface area contributed by atoms with Gasteiger partial charge in [-0.05, 0) is 45.7 Å². The lowest BCUT2D eigenvalue weighted by Gasteiger charge is -2.26. The quantitative estimate of drug-likeness (QED) is 0.515. The van der Waals surface area contributed by atoms with Crippen LogP contribution in [0.3, 0.4) is 0 Å². The third kappa shape index (κ3) is 8.92. The molecule has 0 aliphatic carbocycles. The molecule has 0 saturated heterocycles. The molecule has 0 bridgehead atoms. The Hall–Kier alpha value is -0.0400. The summed E-state index contributed by atoms with van der Waals surface area (Å²) in [5, 5.41) is 0. The van der Waals surface area contributed by atoms with Crippen molar-refractivity contribution >= 4 is 0 Å². The van der Waals surface area contributed by atoms with Crippen molar-refractivity contribution in [2.75, 3.05) is 13.1 Å². The van der Waals surface area contributed by atoms with Gasteiger partial charge in [0, 0.05) is 6.04 Å². The van der Waals surface area contributed by atoms with Gasteiger partial charge in [-0.3, -0.25) is 0 Å². The maximum Gasteiger partial charge on any atom is 0.00385 e. The van der Waals surface area contributed by atoms with E-state index in [1.807, 2.05) is 0 Å². The van der Waals surface area contributed by atoms with Gasteiger partial charge in [-0.25, -0.2) is 0 Å². The molecule has 15 heavy (non-hydrogen) atoms. The van der Waals surface area contributed by atoms with Crippen molar-refractivity contribution in [3.63, 3.8) is 0 Å². The summed E-state index contributed by atoms with van der Waals surface area (Å²) < 4.78 is 0. The van der Waals surface area contributed by atoms with Gasteiger partial charge in [-0.15, -0.1) is 0 Å². The Balaban J connectivity index is 3.57. The molecular weight excluding hydrogens is 182 g/mol. The van der Waals surface area contributed by atoms with E-state index >= 15 is 0 Å². The van der Waals surface area contributed by atoms with E-state index in [1.54, 1.807) is 0 Å². The molecule has 0 N–H and O–H groups in total. The summed E-state index contributed by atoms with van der Waals surface area (Å²) in [5.74, 6) is 0.869. The summed E-state index contributed by atoms with van der Waals surface area (Å²) >= 11 is 0. The average molecular weight is 213 g/mol. The number of hydrogen-bond donors (Lipinski definition) is 0. The summed E-state index contributed by atoms with van der Waals surface area (Å²) in [7, 11) is 0. The average Bonchev–Trinajstić information content (AvgIpc) is 2.15. The van der Waals surface area contributed by atoms with E-state index in [9.17, 15) is 0 Å². The van der Waals surface area contributed by atoms with E-state index in [0.29, 0.717) is 0 Å². The molecule has 0 fully saturated rings. The zero-order valence-corrected chi connectivity index (χ0v) is 11.6. The van der Waals surface area contributed by atoms with Crippen LogP contribution in [0.15, 0.2) is 0 Å². The largest absolute Gasteiger partial charge is 0.301 e. The van der Waals surface area contributed by atoms with Crippen LogP contribution >= 0.6 is 0 Å². The second-order valence-electron chi connectivity index (χ2n) is 5.37. The molecule has 0 aromatic rings. The molecular formula is C14H31N. The lowest BCUT2D eigenvalue weighted by atomic mass is 10.1. The molecule has 0 amide bonds. The summed E-state index contributed by atoms with van der Waals surface area (Å²) in [4.78, 5) is 2.63. The fraction of sp³-hybridized carbons (Fsp3) is 1.00. The predicted molar refractivity (Wildman–Crippen MR) is 70.3 cm³/mol. The van der Waals surface area contributed by atoms with Crippen molar-refractivity contribution in [1.29, 1.82) is 0 Å². The normalized spacial score (nSPS) is 12.0. The van der Waals surface area contributed by atoms with Crippen molar-refractivity contribution in [3.05, 3.63) is 0 Å². The van der Waals surface area contributed by atoms with Gasteiger partial charge in [0.05, 0.1) is 0 Å². The second kappa shape index (κ2) is 9.21. The number of hydrogen-bond acceptors (Lipinski definition) is 1. The molecule has 0 rings (SSSR count). The van der Waals surface area contributed by atoms with Crippen molar-refractivity contribution < 1.29 is 0 Å². The summed E-state index contributed by atoms with van der Waals surface area (Å²) in [6.07, 6.45) is 6.82. The van der Waals surface area contributed by atoms with Crippen molar-refractivity contribution in [2.45, 2.75) is 72.8 Å². The van der Waals surface area contributed by atoms with Crippen LogP contribution in [-0.2, 0) is 0 Å². The van der Waals surface area contributed by atoms with Crippen LogP contribution in [0.4, 0.5) is 0 Å². The van der Waals surface area contributed by atoms with Gasteiger partial charge < -0.3 is 4.90 Å². The fourth-order valence-electron chi connectivity index (χ4n) is 1.86. The first-order valence-electron chi connectivity index (χ1n) is 6.82. The van der Waals surface area contributed by atoms with Gasteiger partial charge in [-0.1, -0.05) is 40.0 Å². The van der Waals surface area contributed by atoms with E-state index < -0.39 is 0 Å². The Bertz CT molecular complexity index is 129. The van der Waals surface area contributed by atoms with Crippen molar-refractivity contribution in [1.82, 2.24) is 4.90 Å². The summed E-state index contributed by atoms with van der Waals surface area (Å²) in [6, 6.07) is 0.718. The minimum Gasteiger partial charge on any atom is -0.301 e. The van der Waals surface area contributed by atoms with E-state index in [0.717, 1.165) is 12.0 Å². The third-order valence-corrected chi connectivity index (χ3v) is 3.01. The van der Waals surface area contributed by atoms with E-state index in [4.69, 9.17) is 0 Å². The molecule has 0 radical (unpaired) electrons. The number of unbranched alkanes of at least 4 members (excludes halogenated alkanes) is 2. The van der Waals surface area contributed by atoms with Gasteiger partial charge in [0.15, 0.2) is 0 Å². The van der Waals surface area contributed by atoms with Crippen LogP contribution in [0.5, 0.6) is 0 Å². The molecule has 0 aromatic carbocycles. The van der Waals surface area contributed by atoms with Crippen LogP contribution in [0.25, 0.3) is 0 Å². The van der Waals surface area contributed by atoms with Gasteiger partial charge >= 0.3 is 0 Å². The van der Waals surface area contributed by atoms with Gasteiger partial charge in [0.1, 0.15) is 0 Å². The maximum atomic E-state index is 2.63. The van der Waals surface area contributed by atoms with E-state index in [2.05, 4.69) is 39.5 Å². The van der Waals surface area contributed by atoms with Crippen LogP contribution in [0.1, 0.15) is 66.7 Å². The Morgan fingerprint density at radius 2 is 1.47 bits per heavy atom. The molecule has 0 saturated carbocycles. The van der Waals surface area contributed by atoms with Crippen LogP contribution in [-0.4, -0.2) is 24.0 Å². The lowest BCUT2D eigenvalue weighted by molar-refractivity contribution is 0.212. The molecule has 0 atom stereocenters. The van der Waals surface area contributed by atoms with Crippen LogP contribution in [0, 0.1) is 5.92 Å². The number of rotatable bonds is 9. The monoisotopic (exact) mass is 213 g/mol. The maximum absolute atomic E-state index is 2.63. The summed E-state index contributed by atoms with van der Waals surface area (Å²) in [5.41, 5.74) is 0. The molecule has 0 aliphatic rings. The lowest BCUT2D eigenvalue weighted by Crippen LogP contribution is -2.32. The highest BCUT2D eigenvalue weighted by Gasteiger charge is 2.07. The first kappa shape index (κ1) is 15.0. The van der Waals surface area contributed by atoms with E-state index in [-0.39, 0.29) is 0 Å². The zero-order chi connectivity index (χ0) is 11.7. The first-order valence-corrected chi connectivity index (χ1v) is 6.82. The molecule has 0 spiro atoms.